The number of nitrogens with zero attached hydrogens (tertiary/aromatic N) is 1. The highest BCUT2D eigenvalue weighted by atomic mass is 79.9. The van der Waals surface area contributed by atoms with Crippen molar-refractivity contribution < 1.29 is 4.79 Å². The van der Waals surface area contributed by atoms with Crippen molar-refractivity contribution in [1.82, 2.24) is 4.90 Å². The lowest BCUT2D eigenvalue weighted by Crippen LogP contribution is -2.42. The number of halogens is 1. The standard InChI is InChI=1S/C8H14BrNO/c1-10-5-3-2-4-7(10)8(11)6-9/h7H,2-6H2,1H3/t7-/m0/s1. The molecule has 1 aliphatic rings. The van der Waals surface area contributed by atoms with Crippen LogP contribution in [0.1, 0.15) is 19.3 Å². The zero-order valence-corrected chi connectivity index (χ0v) is 8.43. The second kappa shape index (κ2) is 4.21. The van der Waals surface area contributed by atoms with E-state index in [0.29, 0.717) is 11.1 Å². The highest BCUT2D eigenvalue weighted by Gasteiger charge is 2.24. The van der Waals surface area contributed by atoms with E-state index >= 15 is 0 Å². The Morgan fingerprint density at radius 1 is 1.64 bits per heavy atom. The highest BCUT2D eigenvalue weighted by Crippen LogP contribution is 2.16. The molecular weight excluding hydrogens is 206 g/mol. The molecule has 0 N–H and O–H groups in total. The van der Waals surface area contributed by atoms with Gasteiger partial charge >= 0.3 is 0 Å². The molecule has 2 nitrogen and oxygen atoms in total. The summed E-state index contributed by atoms with van der Waals surface area (Å²) in [4.78, 5) is 13.4. The maximum absolute atomic E-state index is 11.3. The average Bonchev–Trinajstić information content (AvgIpc) is 2.04. The summed E-state index contributed by atoms with van der Waals surface area (Å²) in [5, 5.41) is 0.502. The van der Waals surface area contributed by atoms with Gasteiger partial charge in [0.25, 0.3) is 0 Å². The van der Waals surface area contributed by atoms with E-state index in [0.717, 1.165) is 13.0 Å². The number of Topliss-reactive ketones (excluding diaryl/α,β-unsaturated/α-hetero) is 1. The van der Waals surface area contributed by atoms with Crippen molar-refractivity contribution >= 4 is 21.7 Å². The number of piperidine rings is 1. The van der Waals surface area contributed by atoms with Crippen molar-refractivity contribution in [2.24, 2.45) is 0 Å². The first kappa shape index (κ1) is 9.20. The van der Waals surface area contributed by atoms with Gasteiger partial charge in [-0.2, -0.15) is 0 Å². The lowest BCUT2D eigenvalue weighted by Gasteiger charge is -2.30. The van der Waals surface area contributed by atoms with Crippen LogP contribution in [0.25, 0.3) is 0 Å². The van der Waals surface area contributed by atoms with Gasteiger partial charge in [-0.1, -0.05) is 22.4 Å². The van der Waals surface area contributed by atoms with Gasteiger partial charge in [-0.15, -0.1) is 0 Å². The van der Waals surface area contributed by atoms with Gasteiger partial charge in [0, 0.05) is 0 Å². The Kier molecular flexibility index (Phi) is 3.52. The van der Waals surface area contributed by atoms with E-state index in [1.165, 1.54) is 12.8 Å². The van der Waals surface area contributed by atoms with Crippen LogP contribution in [0.5, 0.6) is 0 Å². The monoisotopic (exact) mass is 219 g/mol. The summed E-state index contributed by atoms with van der Waals surface area (Å²) in [6.45, 7) is 1.07. The second-order valence-corrected chi connectivity index (χ2v) is 3.65. The van der Waals surface area contributed by atoms with E-state index in [2.05, 4.69) is 20.8 Å². The third-order valence-electron chi connectivity index (χ3n) is 2.27. The number of hydrogen-bond acceptors (Lipinski definition) is 2. The van der Waals surface area contributed by atoms with Crippen molar-refractivity contribution in [2.75, 3.05) is 18.9 Å². The molecular formula is C8H14BrNO. The van der Waals surface area contributed by atoms with Crippen LogP contribution in [-0.4, -0.2) is 35.6 Å². The van der Waals surface area contributed by atoms with Crippen LogP contribution in [0, 0.1) is 0 Å². The number of carbonyl (C=O) groups excluding carboxylic acids is 1. The number of ketones is 1. The largest absolute Gasteiger partial charge is 0.297 e. The van der Waals surface area contributed by atoms with Crippen LogP contribution >= 0.6 is 15.9 Å². The van der Waals surface area contributed by atoms with Crippen molar-refractivity contribution in [2.45, 2.75) is 25.3 Å². The molecule has 0 aromatic carbocycles. The molecule has 0 amide bonds. The zero-order valence-electron chi connectivity index (χ0n) is 6.85. The van der Waals surface area contributed by atoms with Crippen LogP contribution in [0.15, 0.2) is 0 Å². The highest BCUT2D eigenvalue weighted by molar-refractivity contribution is 9.09. The molecule has 1 atom stereocenters. The third-order valence-corrected chi connectivity index (χ3v) is 2.83. The molecule has 0 spiro atoms. The number of hydrogen-bond donors (Lipinski definition) is 0. The Morgan fingerprint density at radius 3 is 2.91 bits per heavy atom. The molecule has 11 heavy (non-hydrogen) atoms. The normalized spacial score (nSPS) is 26.9. The van der Waals surface area contributed by atoms with Gasteiger partial charge in [0.1, 0.15) is 0 Å². The Balaban J connectivity index is 2.47. The number of rotatable bonds is 2. The van der Waals surface area contributed by atoms with E-state index in [1.807, 2.05) is 7.05 Å². The SMILES string of the molecule is CN1CCCC[C@H]1C(=O)CBr. The fourth-order valence-electron chi connectivity index (χ4n) is 1.57. The topological polar surface area (TPSA) is 20.3 Å². The van der Waals surface area contributed by atoms with Crippen molar-refractivity contribution in [1.29, 1.82) is 0 Å². The lowest BCUT2D eigenvalue weighted by atomic mass is 10.0. The van der Waals surface area contributed by atoms with Gasteiger partial charge in [0.2, 0.25) is 0 Å². The van der Waals surface area contributed by atoms with Crippen molar-refractivity contribution in [3.63, 3.8) is 0 Å². The van der Waals surface area contributed by atoms with Crippen molar-refractivity contribution in [3.05, 3.63) is 0 Å². The summed E-state index contributed by atoms with van der Waals surface area (Å²) in [5.41, 5.74) is 0. The number of carbonyl (C=O) groups is 1. The van der Waals surface area contributed by atoms with Gasteiger partial charge in [0.05, 0.1) is 11.4 Å². The molecule has 1 rings (SSSR count). The first-order chi connectivity index (χ1) is 5.25. The minimum absolute atomic E-state index is 0.183. The lowest BCUT2D eigenvalue weighted by molar-refractivity contribution is -0.122. The zero-order chi connectivity index (χ0) is 8.27. The molecule has 0 bridgehead atoms. The molecule has 0 unspecified atom stereocenters. The molecule has 0 saturated carbocycles. The summed E-state index contributed by atoms with van der Waals surface area (Å²) in [6, 6.07) is 0.183. The maximum Gasteiger partial charge on any atom is 0.160 e. The summed E-state index contributed by atoms with van der Waals surface area (Å²) in [6.07, 6.45) is 3.48. The van der Waals surface area contributed by atoms with E-state index in [9.17, 15) is 4.79 Å². The molecule has 1 saturated heterocycles. The molecule has 64 valence electrons. The molecule has 1 aliphatic heterocycles. The molecule has 0 aromatic rings. The van der Waals surface area contributed by atoms with Crippen LogP contribution in [0.3, 0.4) is 0 Å². The van der Waals surface area contributed by atoms with Gasteiger partial charge in [-0.3, -0.25) is 9.69 Å². The predicted octanol–water partition coefficient (Wildman–Crippen LogP) is 1.43. The van der Waals surface area contributed by atoms with Gasteiger partial charge in [0.15, 0.2) is 5.78 Å². The summed E-state index contributed by atoms with van der Waals surface area (Å²) >= 11 is 3.20. The molecule has 1 heterocycles. The average molecular weight is 220 g/mol. The van der Waals surface area contributed by atoms with Crippen LogP contribution in [0.4, 0.5) is 0 Å². The minimum atomic E-state index is 0.183. The number of likely N-dealkylation sites (tertiary alicyclic amines) is 1. The molecule has 0 aliphatic carbocycles. The van der Waals surface area contributed by atoms with Gasteiger partial charge in [-0.05, 0) is 26.4 Å². The van der Waals surface area contributed by atoms with Crippen molar-refractivity contribution in [3.8, 4) is 0 Å². The number of alkyl halides is 1. The van der Waals surface area contributed by atoms with Gasteiger partial charge < -0.3 is 0 Å². The molecule has 1 fully saturated rings. The summed E-state index contributed by atoms with van der Waals surface area (Å²) in [7, 11) is 2.03. The summed E-state index contributed by atoms with van der Waals surface area (Å²) < 4.78 is 0. The van der Waals surface area contributed by atoms with Crippen LogP contribution in [-0.2, 0) is 4.79 Å². The molecule has 0 aromatic heterocycles. The first-order valence-corrected chi connectivity index (χ1v) is 5.16. The fourth-order valence-corrected chi connectivity index (χ4v) is 1.94. The van der Waals surface area contributed by atoms with E-state index in [-0.39, 0.29) is 6.04 Å². The van der Waals surface area contributed by atoms with E-state index < -0.39 is 0 Å². The Bertz CT molecular complexity index is 149. The third kappa shape index (κ3) is 2.27. The Labute approximate surface area is 76.1 Å². The Hall–Kier alpha value is 0.110. The fraction of sp³-hybridized carbons (Fsp3) is 0.875. The minimum Gasteiger partial charge on any atom is -0.297 e. The summed E-state index contributed by atoms with van der Waals surface area (Å²) in [5.74, 6) is 0.326. The van der Waals surface area contributed by atoms with Crippen LogP contribution < -0.4 is 0 Å². The van der Waals surface area contributed by atoms with E-state index in [1.54, 1.807) is 0 Å². The van der Waals surface area contributed by atoms with Gasteiger partial charge in [-0.25, -0.2) is 0 Å². The van der Waals surface area contributed by atoms with Crippen LogP contribution in [0.2, 0.25) is 0 Å². The first-order valence-electron chi connectivity index (χ1n) is 4.04. The molecule has 0 radical (unpaired) electrons. The maximum atomic E-state index is 11.3. The number of likely N-dealkylation sites (N-methyl/N-ethyl adjacent to an activating group) is 1. The Morgan fingerprint density at radius 2 is 2.36 bits per heavy atom. The smallest absolute Gasteiger partial charge is 0.160 e. The van der Waals surface area contributed by atoms with E-state index in [4.69, 9.17) is 0 Å². The molecule has 3 heteroatoms. The second-order valence-electron chi connectivity index (χ2n) is 3.09. The quantitative estimate of drug-likeness (QED) is 0.656. The predicted molar refractivity (Wildman–Crippen MR) is 49.1 cm³/mol.